The van der Waals surface area contributed by atoms with Gasteiger partial charge in [0.05, 0.1) is 0 Å². The Morgan fingerprint density at radius 3 is 1.74 bits per heavy atom. The maximum atomic E-state index is 2.41. The van der Waals surface area contributed by atoms with E-state index in [4.69, 9.17) is 0 Å². The van der Waals surface area contributed by atoms with Gasteiger partial charge in [0.15, 0.2) is 0 Å². The van der Waals surface area contributed by atoms with E-state index in [2.05, 4.69) is 205 Å². The summed E-state index contributed by atoms with van der Waals surface area (Å²) < 4.78 is 2.60. The molecular formula is C52H33NS. The van der Waals surface area contributed by atoms with Crippen molar-refractivity contribution < 1.29 is 0 Å². The van der Waals surface area contributed by atoms with Gasteiger partial charge in [0.2, 0.25) is 0 Å². The van der Waals surface area contributed by atoms with E-state index in [-0.39, 0.29) is 0 Å². The van der Waals surface area contributed by atoms with Crippen LogP contribution in [0.3, 0.4) is 0 Å². The quantitative estimate of drug-likeness (QED) is 0.161. The molecule has 252 valence electrons. The maximum absolute atomic E-state index is 2.41. The van der Waals surface area contributed by atoms with Gasteiger partial charge >= 0.3 is 0 Å². The highest BCUT2D eigenvalue weighted by Gasteiger charge is 2.17. The zero-order valence-corrected chi connectivity index (χ0v) is 30.2. The van der Waals surface area contributed by atoms with Crippen LogP contribution in [0.5, 0.6) is 0 Å². The molecule has 1 nitrogen and oxygen atoms in total. The molecule has 54 heavy (non-hydrogen) atoms. The van der Waals surface area contributed by atoms with E-state index in [1.807, 2.05) is 11.3 Å². The topological polar surface area (TPSA) is 3.24 Å². The summed E-state index contributed by atoms with van der Waals surface area (Å²) in [7, 11) is 0. The van der Waals surface area contributed by atoms with E-state index in [1.165, 1.54) is 85.5 Å². The first-order valence-electron chi connectivity index (χ1n) is 18.5. The standard InChI is InChI=1S/C52H33NS/c1-2-10-34(11-3-1)39-16-8-17-43(30-39)53(44-28-29-47-48-31-40-13-4-5-14-41(40)32-49(48)54-50(47)33-44)42-26-24-36(25-27-42)46-19-9-15-37-22-23-38-21-20-35-12-6-7-18-45(35)52(38)51(37)46/h1-33H. The average Bonchev–Trinajstić information content (AvgIpc) is 3.59. The summed E-state index contributed by atoms with van der Waals surface area (Å²) >= 11 is 1.87. The summed E-state index contributed by atoms with van der Waals surface area (Å²) in [4.78, 5) is 2.41. The van der Waals surface area contributed by atoms with Crippen molar-refractivity contribution in [3.05, 3.63) is 200 Å². The van der Waals surface area contributed by atoms with Gasteiger partial charge in [0.25, 0.3) is 0 Å². The largest absolute Gasteiger partial charge is 0.310 e. The third-order valence-electron chi connectivity index (χ3n) is 11.0. The van der Waals surface area contributed by atoms with Crippen LogP contribution in [-0.2, 0) is 0 Å². The van der Waals surface area contributed by atoms with Gasteiger partial charge in [-0.3, -0.25) is 0 Å². The first-order valence-corrected chi connectivity index (χ1v) is 19.3. The van der Waals surface area contributed by atoms with E-state index in [0.29, 0.717) is 0 Å². The summed E-state index contributed by atoms with van der Waals surface area (Å²) in [5.74, 6) is 0. The number of nitrogens with zero attached hydrogens (tertiary/aromatic N) is 1. The Balaban J connectivity index is 1.08. The Morgan fingerprint density at radius 1 is 0.296 bits per heavy atom. The molecular weight excluding hydrogens is 671 g/mol. The van der Waals surface area contributed by atoms with Crippen LogP contribution in [-0.4, -0.2) is 0 Å². The predicted molar refractivity (Wildman–Crippen MR) is 235 cm³/mol. The normalized spacial score (nSPS) is 11.7. The Labute approximate surface area is 317 Å². The molecule has 0 N–H and O–H groups in total. The lowest BCUT2D eigenvalue weighted by atomic mass is 9.91. The molecule has 0 radical (unpaired) electrons. The highest BCUT2D eigenvalue weighted by Crippen LogP contribution is 2.44. The molecule has 0 aliphatic carbocycles. The van der Waals surface area contributed by atoms with Gasteiger partial charge in [-0.25, -0.2) is 0 Å². The lowest BCUT2D eigenvalue weighted by Gasteiger charge is -2.26. The molecule has 0 aliphatic rings. The molecule has 0 aliphatic heterocycles. The van der Waals surface area contributed by atoms with Gasteiger partial charge in [-0.15, -0.1) is 11.3 Å². The van der Waals surface area contributed by atoms with E-state index in [1.54, 1.807) is 0 Å². The van der Waals surface area contributed by atoms with Crippen LogP contribution in [0.4, 0.5) is 17.1 Å². The minimum absolute atomic E-state index is 1.12. The van der Waals surface area contributed by atoms with Gasteiger partial charge < -0.3 is 4.90 Å². The van der Waals surface area contributed by atoms with E-state index in [9.17, 15) is 0 Å². The van der Waals surface area contributed by atoms with Crippen molar-refractivity contribution in [2.24, 2.45) is 0 Å². The number of hydrogen-bond acceptors (Lipinski definition) is 2. The van der Waals surface area contributed by atoms with Crippen molar-refractivity contribution in [1.29, 1.82) is 0 Å². The molecule has 2 heteroatoms. The fourth-order valence-electron chi connectivity index (χ4n) is 8.40. The van der Waals surface area contributed by atoms with Crippen molar-refractivity contribution in [3.8, 4) is 22.3 Å². The maximum Gasteiger partial charge on any atom is 0.0476 e. The SMILES string of the molecule is c1ccc(-c2cccc(N(c3ccc(-c4cccc5ccc6ccc7ccccc7c6c45)cc3)c3ccc4c(c3)sc3cc5ccccc5cc34)c2)cc1. The molecule has 0 saturated heterocycles. The summed E-state index contributed by atoms with van der Waals surface area (Å²) in [6.45, 7) is 0. The molecule has 0 spiro atoms. The molecule has 0 unspecified atom stereocenters. The van der Waals surface area contributed by atoms with Crippen LogP contribution in [0, 0.1) is 0 Å². The van der Waals surface area contributed by atoms with Gasteiger partial charge in [0.1, 0.15) is 0 Å². The third-order valence-corrected chi connectivity index (χ3v) is 12.1. The first-order chi connectivity index (χ1) is 26.7. The van der Waals surface area contributed by atoms with Crippen LogP contribution in [0.25, 0.3) is 85.5 Å². The molecule has 11 rings (SSSR count). The predicted octanol–water partition coefficient (Wildman–Crippen LogP) is 15.5. The van der Waals surface area contributed by atoms with E-state index >= 15 is 0 Å². The van der Waals surface area contributed by atoms with Crippen molar-refractivity contribution in [2.45, 2.75) is 0 Å². The molecule has 11 aromatic rings. The van der Waals surface area contributed by atoms with Crippen LogP contribution in [0.15, 0.2) is 200 Å². The molecule has 0 fully saturated rings. The minimum atomic E-state index is 1.12. The summed E-state index contributed by atoms with van der Waals surface area (Å²) in [6.07, 6.45) is 0. The molecule has 10 aromatic carbocycles. The van der Waals surface area contributed by atoms with Gasteiger partial charge in [0, 0.05) is 37.2 Å². The van der Waals surface area contributed by atoms with Crippen molar-refractivity contribution >= 4 is 91.7 Å². The van der Waals surface area contributed by atoms with Gasteiger partial charge in [-0.1, -0.05) is 152 Å². The number of hydrogen-bond donors (Lipinski definition) is 0. The Morgan fingerprint density at radius 2 is 0.907 bits per heavy atom. The zero-order valence-electron chi connectivity index (χ0n) is 29.4. The third kappa shape index (κ3) is 5.07. The molecule has 0 bridgehead atoms. The summed E-state index contributed by atoms with van der Waals surface area (Å²) in [5, 5.41) is 12.9. The van der Waals surface area contributed by atoms with Gasteiger partial charge in [-0.2, -0.15) is 0 Å². The summed E-state index contributed by atoms with van der Waals surface area (Å²) in [5.41, 5.74) is 8.23. The van der Waals surface area contributed by atoms with Crippen LogP contribution < -0.4 is 4.90 Å². The summed E-state index contributed by atoms with van der Waals surface area (Å²) in [6, 6.07) is 73.5. The van der Waals surface area contributed by atoms with Crippen molar-refractivity contribution in [3.63, 3.8) is 0 Å². The fourth-order valence-corrected chi connectivity index (χ4v) is 9.57. The number of fused-ring (bicyclic) bond motifs is 9. The zero-order chi connectivity index (χ0) is 35.6. The molecule has 0 atom stereocenters. The van der Waals surface area contributed by atoms with Crippen LogP contribution >= 0.6 is 11.3 Å². The average molecular weight is 704 g/mol. The number of thiophene rings is 1. The first kappa shape index (κ1) is 30.8. The van der Waals surface area contributed by atoms with Gasteiger partial charge in [-0.05, 0) is 114 Å². The van der Waals surface area contributed by atoms with Crippen molar-refractivity contribution in [1.82, 2.24) is 0 Å². The number of rotatable bonds is 5. The monoisotopic (exact) mass is 703 g/mol. The number of anilines is 3. The molecule has 1 heterocycles. The number of benzene rings is 10. The Bertz CT molecular complexity index is 3210. The Kier molecular flexibility index (Phi) is 7.11. The minimum Gasteiger partial charge on any atom is -0.310 e. The van der Waals surface area contributed by atoms with Crippen LogP contribution in [0.2, 0.25) is 0 Å². The lowest BCUT2D eigenvalue weighted by Crippen LogP contribution is -2.10. The lowest BCUT2D eigenvalue weighted by molar-refractivity contribution is 1.29. The molecule has 0 saturated carbocycles. The highest BCUT2D eigenvalue weighted by molar-refractivity contribution is 7.25. The van der Waals surface area contributed by atoms with E-state index < -0.39 is 0 Å². The smallest absolute Gasteiger partial charge is 0.0476 e. The van der Waals surface area contributed by atoms with E-state index in [0.717, 1.165) is 17.1 Å². The molecule has 0 amide bonds. The highest BCUT2D eigenvalue weighted by atomic mass is 32.1. The second-order valence-electron chi connectivity index (χ2n) is 14.1. The second kappa shape index (κ2) is 12.4. The van der Waals surface area contributed by atoms with Crippen LogP contribution in [0.1, 0.15) is 0 Å². The molecule has 1 aromatic heterocycles. The van der Waals surface area contributed by atoms with Crippen molar-refractivity contribution in [2.75, 3.05) is 4.90 Å². The Hall–Kier alpha value is -6.74. The fraction of sp³-hybridized carbons (Fsp3) is 0. The second-order valence-corrected chi connectivity index (χ2v) is 15.2.